The van der Waals surface area contributed by atoms with Gasteiger partial charge in [-0.05, 0) is 44.3 Å². The van der Waals surface area contributed by atoms with Gasteiger partial charge in [-0.15, -0.1) is 0 Å². The molecule has 27 heavy (non-hydrogen) atoms. The number of methoxy groups -OCH3 is 1. The molecule has 2 aromatic rings. The Bertz CT molecular complexity index is 886. The summed E-state index contributed by atoms with van der Waals surface area (Å²) < 4.78 is 32.5. The van der Waals surface area contributed by atoms with Crippen LogP contribution in [0.5, 0.6) is 0 Å². The lowest BCUT2D eigenvalue weighted by molar-refractivity contribution is 0.0600. The second-order valence-electron chi connectivity index (χ2n) is 6.30. The van der Waals surface area contributed by atoms with Crippen molar-refractivity contribution in [3.63, 3.8) is 0 Å². The number of likely N-dealkylation sites (N-methyl/N-ethyl adjacent to an activating group) is 1. The minimum absolute atomic E-state index is 0.0321. The monoisotopic (exact) mass is 410 g/mol. The summed E-state index contributed by atoms with van der Waals surface area (Å²) in [5.74, 6) is -0.579. The Labute approximate surface area is 165 Å². The number of nitrogens with one attached hydrogen (secondary N) is 1. The first-order valence-electron chi connectivity index (χ1n) is 8.32. The summed E-state index contributed by atoms with van der Waals surface area (Å²) in [6, 6.07) is 13.8. The van der Waals surface area contributed by atoms with Crippen LogP contribution in [0.25, 0.3) is 0 Å². The molecule has 1 N–H and O–H groups in total. The first-order chi connectivity index (χ1) is 12.7. The molecule has 0 bridgehead atoms. The van der Waals surface area contributed by atoms with Crippen LogP contribution in [0.2, 0.25) is 5.02 Å². The van der Waals surface area contributed by atoms with Gasteiger partial charge in [-0.1, -0.05) is 41.9 Å². The minimum atomic E-state index is -3.82. The van der Waals surface area contributed by atoms with Crippen molar-refractivity contribution in [1.29, 1.82) is 0 Å². The Balaban J connectivity index is 2.13. The molecule has 2 rings (SSSR count). The van der Waals surface area contributed by atoms with E-state index < -0.39 is 16.0 Å². The average Bonchev–Trinajstić information content (AvgIpc) is 2.64. The summed E-state index contributed by atoms with van der Waals surface area (Å²) in [6.45, 7) is 0.222. The summed E-state index contributed by atoms with van der Waals surface area (Å²) in [7, 11) is 1.23. The second-order valence-corrected chi connectivity index (χ2v) is 8.44. The molecule has 0 radical (unpaired) electrons. The van der Waals surface area contributed by atoms with Crippen LogP contribution in [-0.2, 0) is 21.2 Å². The summed E-state index contributed by atoms with van der Waals surface area (Å²) in [5, 5.41) is -0.0325. The lowest BCUT2D eigenvalue weighted by atomic mass is 10.1. The lowest BCUT2D eigenvalue weighted by Crippen LogP contribution is -2.41. The maximum absolute atomic E-state index is 12.7. The number of halogens is 1. The van der Waals surface area contributed by atoms with Gasteiger partial charge in [0, 0.05) is 12.6 Å². The third-order valence-corrected chi connectivity index (χ3v) is 6.10. The highest BCUT2D eigenvalue weighted by Gasteiger charge is 2.22. The van der Waals surface area contributed by atoms with Gasteiger partial charge in [-0.3, -0.25) is 0 Å². The Morgan fingerprint density at radius 2 is 1.85 bits per heavy atom. The van der Waals surface area contributed by atoms with Crippen LogP contribution >= 0.6 is 11.6 Å². The zero-order valence-corrected chi connectivity index (χ0v) is 17.0. The quantitative estimate of drug-likeness (QED) is 0.677. The van der Waals surface area contributed by atoms with E-state index in [1.54, 1.807) is 0 Å². The molecule has 0 aliphatic carbocycles. The van der Waals surface area contributed by atoms with E-state index in [9.17, 15) is 13.2 Å². The molecule has 0 spiro atoms. The highest BCUT2D eigenvalue weighted by atomic mass is 35.5. The molecule has 0 aliphatic heterocycles. The zero-order valence-electron chi connectivity index (χ0n) is 15.5. The Morgan fingerprint density at radius 3 is 2.41 bits per heavy atom. The van der Waals surface area contributed by atoms with Crippen molar-refractivity contribution in [2.45, 2.75) is 17.4 Å². The highest BCUT2D eigenvalue weighted by Crippen LogP contribution is 2.23. The Hall–Kier alpha value is -1.93. The van der Waals surface area contributed by atoms with Gasteiger partial charge in [-0.25, -0.2) is 17.9 Å². The molecule has 0 saturated carbocycles. The van der Waals surface area contributed by atoms with Crippen LogP contribution in [0.3, 0.4) is 0 Å². The van der Waals surface area contributed by atoms with Gasteiger partial charge in [-0.2, -0.15) is 0 Å². The fraction of sp³-hybridized carbons (Fsp3) is 0.316. The number of sulfonamides is 1. The lowest BCUT2D eigenvalue weighted by Gasteiger charge is -2.25. The van der Waals surface area contributed by atoms with E-state index in [0.717, 1.165) is 5.56 Å². The number of benzene rings is 2. The first kappa shape index (κ1) is 21.4. The third kappa shape index (κ3) is 5.77. The molecule has 0 saturated heterocycles. The zero-order chi connectivity index (χ0) is 20.0. The molecule has 0 aliphatic rings. The van der Waals surface area contributed by atoms with Crippen molar-refractivity contribution in [1.82, 2.24) is 9.62 Å². The smallest absolute Gasteiger partial charge is 0.337 e. The largest absolute Gasteiger partial charge is 0.465 e. The molecular weight excluding hydrogens is 388 g/mol. The molecule has 0 amide bonds. The minimum Gasteiger partial charge on any atom is -0.465 e. The molecule has 0 aromatic heterocycles. The molecule has 1 atom stereocenters. The number of carbonyl (C=O) groups excluding carboxylic acids is 1. The molecular formula is C19H23ClN2O4S. The van der Waals surface area contributed by atoms with Crippen LogP contribution in [-0.4, -0.2) is 53.1 Å². The molecule has 2 aromatic carbocycles. The maximum atomic E-state index is 12.7. The van der Waals surface area contributed by atoms with Crippen molar-refractivity contribution in [3.8, 4) is 0 Å². The number of carbonyl (C=O) groups is 1. The number of rotatable bonds is 8. The predicted octanol–water partition coefficient (Wildman–Crippen LogP) is 2.58. The van der Waals surface area contributed by atoms with Gasteiger partial charge in [0.15, 0.2) is 0 Å². The topological polar surface area (TPSA) is 75.7 Å². The number of ether oxygens (including phenoxy) is 1. The third-order valence-electron chi connectivity index (χ3n) is 4.20. The molecule has 6 nitrogen and oxygen atoms in total. The molecule has 1 unspecified atom stereocenters. The summed E-state index contributed by atoms with van der Waals surface area (Å²) in [5.41, 5.74) is 1.31. The van der Waals surface area contributed by atoms with E-state index in [-0.39, 0.29) is 28.1 Å². The van der Waals surface area contributed by atoms with Crippen LogP contribution in [0.1, 0.15) is 15.9 Å². The van der Waals surface area contributed by atoms with Crippen molar-refractivity contribution < 1.29 is 17.9 Å². The van der Waals surface area contributed by atoms with Gasteiger partial charge in [0.2, 0.25) is 10.0 Å². The van der Waals surface area contributed by atoms with E-state index in [4.69, 9.17) is 11.6 Å². The van der Waals surface area contributed by atoms with Crippen molar-refractivity contribution in [2.24, 2.45) is 0 Å². The number of nitrogens with zero attached hydrogens (tertiary/aromatic N) is 1. The van der Waals surface area contributed by atoms with Gasteiger partial charge >= 0.3 is 5.97 Å². The van der Waals surface area contributed by atoms with Crippen molar-refractivity contribution >= 4 is 27.6 Å². The van der Waals surface area contributed by atoms with Gasteiger partial charge < -0.3 is 9.64 Å². The highest BCUT2D eigenvalue weighted by molar-refractivity contribution is 7.89. The number of hydrogen-bond donors (Lipinski definition) is 1. The van der Waals surface area contributed by atoms with Crippen LogP contribution in [0, 0.1) is 0 Å². The first-order valence-corrected chi connectivity index (χ1v) is 10.2. The SMILES string of the molecule is COC(=O)c1ccc(S(=O)(=O)NCC(Cc2ccccc2)N(C)C)c(Cl)c1. The fourth-order valence-corrected chi connectivity index (χ4v) is 4.19. The van der Waals surface area contributed by atoms with E-state index in [1.165, 1.54) is 25.3 Å². The van der Waals surface area contributed by atoms with Crippen molar-refractivity contribution in [2.75, 3.05) is 27.7 Å². The maximum Gasteiger partial charge on any atom is 0.337 e. The standard InChI is InChI=1S/C19H23ClN2O4S/c1-22(2)16(11-14-7-5-4-6-8-14)13-21-27(24,25)18-10-9-15(12-17(18)20)19(23)26-3/h4-10,12,16,21H,11,13H2,1-3H3. The van der Waals surface area contributed by atoms with Crippen molar-refractivity contribution in [3.05, 3.63) is 64.7 Å². The van der Waals surface area contributed by atoms with Crippen LogP contribution in [0.15, 0.2) is 53.4 Å². The van der Waals surface area contributed by atoms with Crippen LogP contribution < -0.4 is 4.72 Å². The van der Waals surface area contributed by atoms with Gasteiger partial charge in [0.05, 0.1) is 17.7 Å². The van der Waals surface area contributed by atoms with E-state index in [0.29, 0.717) is 6.42 Å². The van der Waals surface area contributed by atoms with Gasteiger partial charge in [0.25, 0.3) is 0 Å². The molecule has 146 valence electrons. The van der Waals surface area contributed by atoms with E-state index in [2.05, 4.69) is 9.46 Å². The summed E-state index contributed by atoms with van der Waals surface area (Å²) in [4.78, 5) is 13.4. The Kier molecular flexibility index (Phi) is 7.38. The Morgan fingerprint density at radius 1 is 1.19 bits per heavy atom. The molecule has 8 heteroatoms. The molecule has 0 fully saturated rings. The average molecular weight is 411 g/mol. The predicted molar refractivity (Wildman–Crippen MR) is 106 cm³/mol. The normalized spacial score (nSPS) is 12.8. The molecule has 0 heterocycles. The van der Waals surface area contributed by atoms with E-state index in [1.807, 2.05) is 49.3 Å². The van der Waals surface area contributed by atoms with Gasteiger partial charge in [0.1, 0.15) is 4.90 Å². The number of esters is 1. The number of hydrogen-bond acceptors (Lipinski definition) is 5. The summed E-state index contributed by atoms with van der Waals surface area (Å²) in [6.07, 6.45) is 0.700. The second kappa shape index (κ2) is 9.32. The fourth-order valence-electron chi connectivity index (χ4n) is 2.57. The summed E-state index contributed by atoms with van der Waals surface area (Å²) >= 11 is 6.09. The van der Waals surface area contributed by atoms with E-state index >= 15 is 0 Å². The van der Waals surface area contributed by atoms with Crippen LogP contribution in [0.4, 0.5) is 0 Å².